The molecule has 1 aliphatic rings. The van der Waals surface area contributed by atoms with Gasteiger partial charge in [-0.1, -0.05) is 18.2 Å². The van der Waals surface area contributed by atoms with Crippen molar-refractivity contribution in [3.63, 3.8) is 0 Å². The molecular formula is C12H12ClF3. The first-order valence-corrected chi connectivity index (χ1v) is 5.72. The van der Waals surface area contributed by atoms with Gasteiger partial charge in [-0.15, -0.1) is 11.6 Å². The van der Waals surface area contributed by atoms with Crippen molar-refractivity contribution in [2.45, 2.75) is 36.7 Å². The first-order chi connectivity index (χ1) is 7.48. The lowest BCUT2D eigenvalue weighted by atomic mass is 9.93. The summed E-state index contributed by atoms with van der Waals surface area (Å²) in [5.41, 5.74) is -0.107. The second-order valence-corrected chi connectivity index (χ2v) is 4.81. The molecular weight excluding hydrogens is 237 g/mol. The van der Waals surface area contributed by atoms with Crippen LogP contribution in [0.3, 0.4) is 0 Å². The third-order valence-electron chi connectivity index (χ3n) is 3.07. The van der Waals surface area contributed by atoms with E-state index in [1.807, 2.05) is 0 Å². The molecule has 0 radical (unpaired) electrons. The summed E-state index contributed by atoms with van der Waals surface area (Å²) in [6, 6.07) is 5.81. The Bertz CT molecular complexity index is 373. The van der Waals surface area contributed by atoms with Crippen molar-refractivity contribution in [3.05, 3.63) is 35.4 Å². The Hall–Kier alpha value is -0.700. The minimum atomic E-state index is -4.26. The highest BCUT2D eigenvalue weighted by Crippen LogP contribution is 2.42. The van der Waals surface area contributed by atoms with E-state index in [4.69, 9.17) is 11.6 Å². The minimum Gasteiger partial charge on any atom is -0.166 e. The first kappa shape index (κ1) is 11.8. The van der Waals surface area contributed by atoms with Crippen LogP contribution in [-0.4, -0.2) is 5.38 Å². The zero-order chi connectivity index (χ0) is 11.8. The molecule has 0 spiro atoms. The average molecular weight is 249 g/mol. The summed E-state index contributed by atoms with van der Waals surface area (Å²) in [6.45, 7) is 0. The molecule has 0 heterocycles. The fourth-order valence-electron chi connectivity index (χ4n) is 2.32. The maximum Gasteiger partial charge on any atom is 0.416 e. The van der Waals surface area contributed by atoms with Crippen LogP contribution in [0.1, 0.15) is 36.3 Å². The standard InChI is InChI=1S/C12H12ClF3/c13-9-6-5-8(7-9)10-3-1-2-4-11(10)12(14,15)16/h1-4,8-9H,5-7H2. The van der Waals surface area contributed by atoms with Crippen LogP contribution in [0, 0.1) is 0 Å². The Kier molecular flexibility index (Phi) is 3.15. The molecule has 2 atom stereocenters. The van der Waals surface area contributed by atoms with E-state index in [2.05, 4.69) is 0 Å². The quantitative estimate of drug-likeness (QED) is 0.638. The second kappa shape index (κ2) is 4.28. The van der Waals surface area contributed by atoms with E-state index in [1.54, 1.807) is 12.1 Å². The first-order valence-electron chi connectivity index (χ1n) is 5.28. The van der Waals surface area contributed by atoms with Gasteiger partial charge in [0.05, 0.1) is 5.56 Å². The van der Waals surface area contributed by atoms with Gasteiger partial charge in [-0.05, 0) is 36.8 Å². The maximum absolute atomic E-state index is 12.8. The SMILES string of the molecule is FC(F)(F)c1ccccc1C1CCC(Cl)C1. The highest BCUT2D eigenvalue weighted by Gasteiger charge is 2.36. The highest BCUT2D eigenvalue weighted by atomic mass is 35.5. The predicted molar refractivity (Wildman–Crippen MR) is 57.7 cm³/mol. The molecule has 0 amide bonds. The fourth-order valence-corrected chi connectivity index (χ4v) is 2.66. The molecule has 88 valence electrons. The molecule has 2 unspecified atom stereocenters. The number of halogens is 4. The Morgan fingerprint density at radius 3 is 2.38 bits per heavy atom. The molecule has 1 aliphatic carbocycles. The zero-order valence-corrected chi connectivity index (χ0v) is 9.35. The third-order valence-corrected chi connectivity index (χ3v) is 3.47. The Morgan fingerprint density at radius 2 is 1.81 bits per heavy atom. The summed E-state index contributed by atoms with van der Waals surface area (Å²) < 4.78 is 38.3. The van der Waals surface area contributed by atoms with Crippen molar-refractivity contribution in [1.29, 1.82) is 0 Å². The molecule has 1 aromatic carbocycles. The largest absolute Gasteiger partial charge is 0.416 e. The molecule has 1 aromatic rings. The Labute approximate surface area is 97.4 Å². The number of alkyl halides is 4. The van der Waals surface area contributed by atoms with Crippen molar-refractivity contribution in [1.82, 2.24) is 0 Å². The molecule has 0 N–H and O–H groups in total. The van der Waals surface area contributed by atoms with Gasteiger partial charge in [-0.2, -0.15) is 13.2 Å². The highest BCUT2D eigenvalue weighted by molar-refractivity contribution is 6.20. The van der Waals surface area contributed by atoms with Gasteiger partial charge in [-0.25, -0.2) is 0 Å². The smallest absolute Gasteiger partial charge is 0.166 e. The summed E-state index contributed by atoms with van der Waals surface area (Å²) >= 11 is 5.94. The number of benzene rings is 1. The molecule has 0 aliphatic heterocycles. The molecule has 1 fully saturated rings. The third kappa shape index (κ3) is 2.34. The van der Waals surface area contributed by atoms with Crippen molar-refractivity contribution >= 4 is 11.6 Å². The number of rotatable bonds is 1. The van der Waals surface area contributed by atoms with Gasteiger partial charge in [0.1, 0.15) is 0 Å². The van der Waals surface area contributed by atoms with E-state index in [9.17, 15) is 13.2 Å². The van der Waals surface area contributed by atoms with E-state index in [1.165, 1.54) is 6.07 Å². The average Bonchev–Trinajstić information content (AvgIpc) is 2.64. The van der Waals surface area contributed by atoms with Crippen LogP contribution in [-0.2, 0) is 6.18 Å². The van der Waals surface area contributed by atoms with Crippen LogP contribution >= 0.6 is 11.6 Å². The second-order valence-electron chi connectivity index (χ2n) is 4.19. The molecule has 1 saturated carbocycles. The molecule has 0 saturated heterocycles. The fraction of sp³-hybridized carbons (Fsp3) is 0.500. The molecule has 2 rings (SSSR count). The van der Waals surface area contributed by atoms with Gasteiger partial charge < -0.3 is 0 Å². The van der Waals surface area contributed by atoms with Crippen molar-refractivity contribution in [2.75, 3.05) is 0 Å². The van der Waals surface area contributed by atoms with Gasteiger partial charge in [0.15, 0.2) is 0 Å². The molecule has 0 aromatic heterocycles. The summed E-state index contributed by atoms with van der Waals surface area (Å²) in [7, 11) is 0. The van der Waals surface area contributed by atoms with Gasteiger partial charge >= 0.3 is 6.18 Å². The van der Waals surface area contributed by atoms with Gasteiger partial charge in [-0.3, -0.25) is 0 Å². The number of hydrogen-bond donors (Lipinski definition) is 0. The summed E-state index contributed by atoms with van der Waals surface area (Å²) in [6.07, 6.45) is -2.06. The Morgan fingerprint density at radius 1 is 1.12 bits per heavy atom. The summed E-state index contributed by atoms with van der Waals surface area (Å²) in [5, 5.41) is 0.0197. The van der Waals surface area contributed by atoms with Gasteiger partial charge in [0.2, 0.25) is 0 Å². The normalized spacial score (nSPS) is 26.0. The van der Waals surface area contributed by atoms with E-state index < -0.39 is 11.7 Å². The summed E-state index contributed by atoms with van der Waals surface area (Å²) in [4.78, 5) is 0. The lowest BCUT2D eigenvalue weighted by molar-refractivity contribution is -0.138. The Balaban J connectivity index is 2.34. The monoisotopic (exact) mass is 248 g/mol. The van der Waals surface area contributed by atoms with Gasteiger partial charge in [0.25, 0.3) is 0 Å². The van der Waals surface area contributed by atoms with Crippen molar-refractivity contribution in [2.24, 2.45) is 0 Å². The van der Waals surface area contributed by atoms with E-state index in [0.29, 0.717) is 12.0 Å². The van der Waals surface area contributed by atoms with Crippen molar-refractivity contribution in [3.8, 4) is 0 Å². The van der Waals surface area contributed by atoms with E-state index >= 15 is 0 Å². The molecule has 4 heteroatoms. The lowest BCUT2D eigenvalue weighted by Gasteiger charge is -2.17. The molecule has 0 nitrogen and oxygen atoms in total. The van der Waals surface area contributed by atoms with Crippen LogP contribution in [0.4, 0.5) is 13.2 Å². The molecule has 0 bridgehead atoms. The number of hydrogen-bond acceptors (Lipinski definition) is 0. The van der Waals surface area contributed by atoms with Crippen molar-refractivity contribution < 1.29 is 13.2 Å². The summed E-state index contributed by atoms with van der Waals surface area (Å²) in [5.74, 6) is -0.0414. The maximum atomic E-state index is 12.8. The predicted octanol–water partition coefficient (Wildman–Crippen LogP) is 4.58. The van der Waals surface area contributed by atoms with Gasteiger partial charge in [0, 0.05) is 5.38 Å². The topological polar surface area (TPSA) is 0 Å². The van der Waals surface area contributed by atoms with Crippen LogP contribution in [0.25, 0.3) is 0 Å². The van der Waals surface area contributed by atoms with Crippen LogP contribution < -0.4 is 0 Å². The van der Waals surface area contributed by atoms with E-state index in [-0.39, 0.29) is 11.3 Å². The zero-order valence-electron chi connectivity index (χ0n) is 8.60. The van der Waals surface area contributed by atoms with Crippen LogP contribution in [0.2, 0.25) is 0 Å². The van der Waals surface area contributed by atoms with Crippen LogP contribution in [0.15, 0.2) is 24.3 Å². The minimum absolute atomic E-state index is 0.0197. The van der Waals surface area contributed by atoms with E-state index in [0.717, 1.165) is 18.9 Å². The van der Waals surface area contributed by atoms with Crippen LogP contribution in [0.5, 0.6) is 0 Å². The lowest BCUT2D eigenvalue weighted by Crippen LogP contribution is -2.11. The molecule has 16 heavy (non-hydrogen) atoms.